The lowest BCUT2D eigenvalue weighted by molar-refractivity contribution is 0.528. The molecular formula is C12H17N3O2. The topological polar surface area (TPSA) is 73.2 Å². The maximum absolute atomic E-state index is 11.3. The molecule has 0 aliphatic heterocycles. The number of fused-ring (bicyclic) bond motifs is 1. The second kappa shape index (κ2) is 4.63. The highest BCUT2D eigenvalue weighted by atomic mass is 16.4. The SMILES string of the molecule is CC(N)CCNc1ccc2c(c1)oc(=O)n2C. The third kappa shape index (κ3) is 2.50. The van der Waals surface area contributed by atoms with Gasteiger partial charge in [-0.15, -0.1) is 0 Å². The molecule has 0 saturated carbocycles. The van der Waals surface area contributed by atoms with Gasteiger partial charge in [-0.1, -0.05) is 0 Å². The Hall–Kier alpha value is -1.75. The lowest BCUT2D eigenvalue weighted by atomic mass is 10.2. The number of nitrogens with two attached hydrogens (primary N) is 1. The first kappa shape index (κ1) is 11.7. The van der Waals surface area contributed by atoms with E-state index in [1.54, 1.807) is 7.05 Å². The second-order valence-corrected chi connectivity index (χ2v) is 4.30. The Kier molecular flexibility index (Phi) is 3.19. The van der Waals surface area contributed by atoms with Crippen molar-refractivity contribution in [1.82, 2.24) is 4.57 Å². The molecule has 0 amide bonds. The average Bonchev–Trinajstić information content (AvgIpc) is 2.54. The summed E-state index contributed by atoms with van der Waals surface area (Å²) in [6.07, 6.45) is 0.900. The van der Waals surface area contributed by atoms with Crippen LogP contribution in [-0.2, 0) is 7.05 Å². The van der Waals surface area contributed by atoms with E-state index < -0.39 is 0 Å². The number of aryl methyl sites for hydroxylation is 1. The molecule has 2 aromatic rings. The number of hydrogen-bond donors (Lipinski definition) is 2. The van der Waals surface area contributed by atoms with Gasteiger partial charge in [0.05, 0.1) is 5.52 Å². The van der Waals surface area contributed by atoms with E-state index >= 15 is 0 Å². The molecular weight excluding hydrogens is 218 g/mol. The number of aromatic nitrogens is 1. The minimum atomic E-state index is -0.340. The summed E-state index contributed by atoms with van der Waals surface area (Å²) >= 11 is 0. The van der Waals surface area contributed by atoms with Gasteiger partial charge in [0.25, 0.3) is 0 Å². The van der Waals surface area contributed by atoms with Gasteiger partial charge in [-0.3, -0.25) is 4.57 Å². The Morgan fingerprint density at radius 3 is 3.00 bits per heavy atom. The molecule has 0 fully saturated rings. The monoisotopic (exact) mass is 235 g/mol. The van der Waals surface area contributed by atoms with E-state index in [2.05, 4.69) is 5.32 Å². The van der Waals surface area contributed by atoms with Crippen LogP contribution in [0.4, 0.5) is 5.69 Å². The Bertz CT molecular complexity index is 569. The molecule has 1 atom stereocenters. The van der Waals surface area contributed by atoms with E-state index in [-0.39, 0.29) is 11.8 Å². The van der Waals surface area contributed by atoms with Gasteiger partial charge in [-0.05, 0) is 25.5 Å². The number of nitrogens with one attached hydrogen (secondary N) is 1. The van der Waals surface area contributed by atoms with Gasteiger partial charge < -0.3 is 15.5 Å². The summed E-state index contributed by atoms with van der Waals surface area (Å²) < 4.78 is 6.60. The summed E-state index contributed by atoms with van der Waals surface area (Å²) in [6, 6.07) is 5.81. The predicted molar refractivity (Wildman–Crippen MR) is 68.2 cm³/mol. The van der Waals surface area contributed by atoms with Crippen LogP contribution in [0.1, 0.15) is 13.3 Å². The van der Waals surface area contributed by atoms with Gasteiger partial charge >= 0.3 is 5.76 Å². The number of benzene rings is 1. The van der Waals surface area contributed by atoms with Crippen molar-refractivity contribution in [2.45, 2.75) is 19.4 Å². The zero-order valence-electron chi connectivity index (χ0n) is 10.1. The molecule has 1 unspecified atom stereocenters. The summed E-state index contributed by atoms with van der Waals surface area (Å²) in [5, 5.41) is 3.25. The Morgan fingerprint density at radius 1 is 1.53 bits per heavy atom. The molecule has 5 nitrogen and oxygen atoms in total. The lowest BCUT2D eigenvalue weighted by Crippen LogP contribution is -2.19. The van der Waals surface area contributed by atoms with E-state index in [9.17, 15) is 4.79 Å². The summed E-state index contributed by atoms with van der Waals surface area (Å²) in [7, 11) is 1.69. The first-order valence-electron chi connectivity index (χ1n) is 5.67. The maximum Gasteiger partial charge on any atom is 0.419 e. The molecule has 0 aliphatic rings. The van der Waals surface area contributed by atoms with Crippen LogP contribution in [0.25, 0.3) is 11.1 Å². The van der Waals surface area contributed by atoms with Crippen molar-refractivity contribution in [2.75, 3.05) is 11.9 Å². The van der Waals surface area contributed by atoms with Gasteiger partial charge in [0, 0.05) is 31.4 Å². The minimum absolute atomic E-state index is 0.181. The fraction of sp³-hybridized carbons (Fsp3) is 0.417. The van der Waals surface area contributed by atoms with Crippen LogP contribution in [0.2, 0.25) is 0 Å². The fourth-order valence-corrected chi connectivity index (χ4v) is 1.69. The van der Waals surface area contributed by atoms with Crippen LogP contribution in [0.15, 0.2) is 27.4 Å². The molecule has 0 spiro atoms. The van der Waals surface area contributed by atoms with Gasteiger partial charge in [-0.25, -0.2) is 4.79 Å². The molecule has 17 heavy (non-hydrogen) atoms. The molecule has 1 aromatic carbocycles. The van der Waals surface area contributed by atoms with Crippen molar-refractivity contribution in [3.63, 3.8) is 0 Å². The van der Waals surface area contributed by atoms with Crippen LogP contribution in [0.5, 0.6) is 0 Å². The van der Waals surface area contributed by atoms with E-state index in [0.29, 0.717) is 5.58 Å². The molecule has 1 heterocycles. The third-order valence-corrected chi connectivity index (χ3v) is 2.72. The average molecular weight is 235 g/mol. The fourth-order valence-electron chi connectivity index (χ4n) is 1.69. The van der Waals surface area contributed by atoms with Crippen LogP contribution < -0.4 is 16.8 Å². The Labute approximate surface area is 99.2 Å². The second-order valence-electron chi connectivity index (χ2n) is 4.30. The zero-order valence-corrected chi connectivity index (χ0v) is 10.1. The molecule has 0 aliphatic carbocycles. The van der Waals surface area contributed by atoms with Gasteiger partial charge in [0.15, 0.2) is 5.58 Å². The van der Waals surface area contributed by atoms with E-state index in [4.69, 9.17) is 10.2 Å². The molecule has 0 radical (unpaired) electrons. The van der Waals surface area contributed by atoms with Crippen LogP contribution >= 0.6 is 0 Å². The number of oxazole rings is 1. The third-order valence-electron chi connectivity index (χ3n) is 2.72. The van der Waals surface area contributed by atoms with Crippen molar-refractivity contribution >= 4 is 16.8 Å². The molecule has 0 bridgehead atoms. The van der Waals surface area contributed by atoms with Gasteiger partial charge in [0.1, 0.15) is 0 Å². The van der Waals surface area contributed by atoms with Crippen molar-refractivity contribution in [3.8, 4) is 0 Å². The molecule has 2 rings (SSSR count). The summed E-state index contributed by atoms with van der Waals surface area (Å²) in [5.74, 6) is -0.340. The smallest absolute Gasteiger partial charge is 0.408 e. The van der Waals surface area contributed by atoms with Gasteiger partial charge in [-0.2, -0.15) is 0 Å². The Morgan fingerprint density at radius 2 is 2.29 bits per heavy atom. The van der Waals surface area contributed by atoms with Gasteiger partial charge in [0.2, 0.25) is 0 Å². The summed E-state index contributed by atoms with van der Waals surface area (Å²) in [5.41, 5.74) is 8.00. The number of anilines is 1. The first-order valence-corrected chi connectivity index (χ1v) is 5.67. The highest BCUT2D eigenvalue weighted by Gasteiger charge is 2.05. The first-order chi connectivity index (χ1) is 8.08. The van der Waals surface area contributed by atoms with E-state index in [1.165, 1.54) is 4.57 Å². The maximum atomic E-state index is 11.3. The highest BCUT2D eigenvalue weighted by Crippen LogP contribution is 2.17. The van der Waals surface area contributed by atoms with Crippen LogP contribution in [0.3, 0.4) is 0 Å². The summed E-state index contributed by atoms with van der Waals surface area (Å²) in [4.78, 5) is 11.3. The molecule has 92 valence electrons. The van der Waals surface area contributed by atoms with Crippen LogP contribution in [0, 0.1) is 0 Å². The van der Waals surface area contributed by atoms with E-state index in [1.807, 2.05) is 25.1 Å². The normalized spacial score (nSPS) is 12.9. The predicted octanol–water partition coefficient (Wildman–Crippen LogP) is 1.28. The Balaban J connectivity index is 2.18. The van der Waals surface area contributed by atoms with E-state index in [0.717, 1.165) is 24.2 Å². The largest absolute Gasteiger partial charge is 0.419 e. The zero-order chi connectivity index (χ0) is 12.4. The molecule has 3 N–H and O–H groups in total. The van der Waals surface area contributed by atoms with Crippen molar-refractivity contribution < 1.29 is 4.42 Å². The lowest BCUT2D eigenvalue weighted by Gasteiger charge is -2.08. The highest BCUT2D eigenvalue weighted by molar-refractivity contribution is 5.77. The van der Waals surface area contributed by atoms with Crippen molar-refractivity contribution in [3.05, 3.63) is 28.7 Å². The van der Waals surface area contributed by atoms with Crippen LogP contribution in [-0.4, -0.2) is 17.2 Å². The number of rotatable bonds is 4. The number of hydrogen-bond acceptors (Lipinski definition) is 4. The minimum Gasteiger partial charge on any atom is -0.408 e. The number of nitrogens with zero attached hydrogens (tertiary/aromatic N) is 1. The van der Waals surface area contributed by atoms with Crippen molar-refractivity contribution in [1.29, 1.82) is 0 Å². The quantitative estimate of drug-likeness (QED) is 0.837. The van der Waals surface area contributed by atoms with Crippen molar-refractivity contribution in [2.24, 2.45) is 12.8 Å². The molecule has 1 aromatic heterocycles. The molecule has 5 heteroatoms. The summed E-state index contributed by atoms with van der Waals surface area (Å²) in [6.45, 7) is 2.78. The molecule has 0 saturated heterocycles. The standard InChI is InChI=1S/C12H17N3O2/c1-8(13)5-6-14-9-3-4-10-11(7-9)17-12(16)15(10)2/h3-4,7-8,14H,5-6,13H2,1-2H3.